The van der Waals surface area contributed by atoms with Crippen LogP contribution < -0.4 is 0 Å². The van der Waals surface area contributed by atoms with Gasteiger partial charge in [0.05, 0.1) is 11.6 Å². The second-order valence-corrected chi connectivity index (χ2v) is 5.17. The van der Waals surface area contributed by atoms with Gasteiger partial charge < -0.3 is 0 Å². The van der Waals surface area contributed by atoms with Crippen LogP contribution in [-0.2, 0) is 4.79 Å². The fourth-order valence-corrected chi connectivity index (χ4v) is 1.61. The van der Waals surface area contributed by atoms with Crippen molar-refractivity contribution in [2.24, 2.45) is 16.1 Å². The van der Waals surface area contributed by atoms with E-state index in [4.69, 9.17) is 0 Å². The molecule has 0 spiro atoms. The van der Waals surface area contributed by atoms with E-state index in [2.05, 4.69) is 17.2 Å². The first-order chi connectivity index (χ1) is 6.38. The number of Topliss-reactive ketones (excluding diaryl/α,β-unsaturated/α-hetero) is 1. The molecule has 0 aromatic heterocycles. The molecule has 2 atom stereocenters. The lowest BCUT2D eigenvalue weighted by Crippen LogP contribution is -2.15. The summed E-state index contributed by atoms with van der Waals surface area (Å²) in [5.74, 6) is 0.807. The Labute approximate surface area is 86.0 Å². The second kappa shape index (κ2) is 4.20. The van der Waals surface area contributed by atoms with Gasteiger partial charge in [0.15, 0.2) is 0 Å². The third-order valence-electron chi connectivity index (χ3n) is 2.51. The van der Waals surface area contributed by atoms with Crippen LogP contribution in [0.25, 0.3) is 0 Å². The third-order valence-corrected chi connectivity index (χ3v) is 2.51. The summed E-state index contributed by atoms with van der Waals surface area (Å²) in [5.41, 5.74) is -0.100. The molecule has 0 bridgehead atoms. The van der Waals surface area contributed by atoms with Crippen LogP contribution in [-0.4, -0.2) is 17.4 Å². The first-order valence-corrected chi connectivity index (χ1v) is 5.32. The summed E-state index contributed by atoms with van der Waals surface area (Å²) in [6.07, 6.45) is 2.42. The molecule has 0 aromatic rings. The van der Waals surface area contributed by atoms with Gasteiger partial charge in [0.2, 0.25) is 0 Å². The van der Waals surface area contributed by atoms with E-state index < -0.39 is 0 Å². The molecule has 80 valence electrons. The van der Waals surface area contributed by atoms with Crippen molar-refractivity contribution >= 4 is 5.78 Å². The average Bonchev–Trinajstić information content (AvgIpc) is 2.46. The number of ketones is 1. The van der Waals surface area contributed by atoms with Crippen molar-refractivity contribution in [1.29, 1.82) is 0 Å². The molecule has 3 heteroatoms. The summed E-state index contributed by atoms with van der Waals surface area (Å²) in [4.78, 5) is 11.1. The van der Waals surface area contributed by atoms with Gasteiger partial charge in [0.25, 0.3) is 0 Å². The van der Waals surface area contributed by atoms with E-state index in [9.17, 15) is 4.79 Å². The fraction of sp³-hybridized carbons (Fsp3) is 0.909. The molecule has 0 aliphatic heterocycles. The smallest absolute Gasteiger partial charge is 0.133 e. The molecule has 1 saturated carbocycles. The Kier molecular flexibility index (Phi) is 3.40. The summed E-state index contributed by atoms with van der Waals surface area (Å²) in [6.45, 7) is 8.15. The molecule has 14 heavy (non-hydrogen) atoms. The highest BCUT2D eigenvalue weighted by molar-refractivity contribution is 5.80. The highest BCUT2D eigenvalue weighted by atomic mass is 16.1. The normalized spacial score (nSPS) is 26.0. The van der Waals surface area contributed by atoms with Crippen LogP contribution in [0.5, 0.6) is 0 Å². The van der Waals surface area contributed by atoms with Gasteiger partial charge in [-0.2, -0.15) is 10.2 Å². The van der Waals surface area contributed by atoms with Crippen LogP contribution in [0.4, 0.5) is 0 Å². The van der Waals surface area contributed by atoms with Crippen LogP contribution in [0.15, 0.2) is 10.2 Å². The van der Waals surface area contributed by atoms with Crippen LogP contribution in [0.1, 0.15) is 47.0 Å². The number of carbonyl (C=O) groups excluding carboxylic acids is 1. The Balaban J connectivity index is 2.46. The van der Waals surface area contributed by atoms with Crippen LogP contribution >= 0.6 is 0 Å². The Bertz CT molecular complexity index is 240. The lowest BCUT2D eigenvalue weighted by molar-refractivity contribution is -0.117. The van der Waals surface area contributed by atoms with E-state index in [1.165, 1.54) is 0 Å². The van der Waals surface area contributed by atoms with Gasteiger partial charge in [-0.05, 0) is 40.0 Å². The maximum atomic E-state index is 11.1. The zero-order valence-electron chi connectivity index (χ0n) is 9.58. The van der Waals surface area contributed by atoms with Crippen LogP contribution in [0.3, 0.4) is 0 Å². The molecular weight excluding hydrogens is 176 g/mol. The number of nitrogens with zero attached hydrogens (tertiary/aromatic N) is 2. The summed E-state index contributed by atoms with van der Waals surface area (Å²) >= 11 is 0. The first kappa shape index (κ1) is 11.3. The maximum absolute atomic E-state index is 11.1. The third kappa shape index (κ3) is 3.56. The molecule has 0 radical (unpaired) electrons. The van der Waals surface area contributed by atoms with Gasteiger partial charge in [-0.1, -0.05) is 0 Å². The highest BCUT2D eigenvalue weighted by Gasteiger charge is 2.27. The lowest BCUT2D eigenvalue weighted by Gasteiger charge is -2.15. The largest absolute Gasteiger partial charge is 0.300 e. The van der Waals surface area contributed by atoms with Crippen molar-refractivity contribution in [2.75, 3.05) is 0 Å². The molecule has 0 N–H and O–H groups in total. The standard InChI is InChI=1S/C11H20N2O/c1-8(12-13-11(2,3)4)9-5-6-10(14)7-9/h8-9H,5-7H2,1-4H3. The van der Waals surface area contributed by atoms with Crippen molar-refractivity contribution in [3.63, 3.8) is 0 Å². The van der Waals surface area contributed by atoms with Gasteiger partial charge in [-0.3, -0.25) is 4.79 Å². The lowest BCUT2D eigenvalue weighted by atomic mass is 10.0. The summed E-state index contributed by atoms with van der Waals surface area (Å²) in [5, 5.41) is 8.52. The zero-order chi connectivity index (χ0) is 10.8. The van der Waals surface area contributed by atoms with Crippen LogP contribution in [0.2, 0.25) is 0 Å². The van der Waals surface area contributed by atoms with Gasteiger partial charge in [0.1, 0.15) is 5.78 Å². The van der Waals surface area contributed by atoms with E-state index in [-0.39, 0.29) is 11.6 Å². The quantitative estimate of drug-likeness (QED) is 0.626. The molecule has 0 heterocycles. The van der Waals surface area contributed by atoms with Crippen molar-refractivity contribution in [3.8, 4) is 0 Å². The van der Waals surface area contributed by atoms with E-state index in [1.54, 1.807) is 0 Å². The number of hydrogen-bond acceptors (Lipinski definition) is 3. The predicted octanol–water partition coefficient (Wildman–Crippen LogP) is 2.99. The summed E-state index contributed by atoms with van der Waals surface area (Å²) < 4.78 is 0. The number of azo groups is 1. The van der Waals surface area contributed by atoms with Gasteiger partial charge >= 0.3 is 0 Å². The van der Waals surface area contributed by atoms with Crippen molar-refractivity contribution < 1.29 is 4.79 Å². The van der Waals surface area contributed by atoms with Gasteiger partial charge in [0, 0.05) is 12.8 Å². The molecule has 0 amide bonds. The summed E-state index contributed by atoms with van der Waals surface area (Å²) in [7, 11) is 0. The molecule has 1 rings (SSSR count). The predicted molar refractivity (Wildman–Crippen MR) is 56.4 cm³/mol. The second-order valence-electron chi connectivity index (χ2n) is 5.17. The minimum Gasteiger partial charge on any atom is -0.300 e. The van der Waals surface area contributed by atoms with E-state index >= 15 is 0 Å². The SMILES string of the molecule is CC(N=NC(C)(C)C)C1CCC(=O)C1. The van der Waals surface area contributed by atoms with Gasteiger partial charge in [-0.15, -0.1) is 0 Å². The molecule has 1 aliphatic rings. The minimum atomic E-state index is -0.100. The highest BCUT2D eigenvalue weighted by Crippen LogP contribution is 2.27. The Morgan fingerprint density at radius 1 is 1.43 bits per heavy atom. The molecular formula is C11H20N2O. The molecule has 0 saturated heterocycles. The van der Waals surface area contributed by atoms with E-state index in [1.807, 2.05) is 20.8 Å². The molecule has 2 unspecified atom stereocenters. The van der Waals surface area contributed by atoms with Crippen LogP contribution in [0, 0.1) is 5.92 Å². The Hall–Kier alpha value is -0.730. The maximum Gasteiger partial charge on any atom is 0.133 e. The van der Waals surface area contributed by atoms with Crippen molar-refractivity contribution in [3.05, 3.63) is 0 Å². The summed E-state index contributed by atoms with van der Waals surface area (Å²) in [6, 6.07) is 0.195. The Morgan fingerprint density at radius 2 is 2.07 bits per heavy atom. The Morgan fingerprint density at radius 3 is 2.50 bits per heavy atom. The number of rotatable bonds is 2. The number of hydrogen-bond donors (Lipinski definition) is 0. The van der Waals surface area contributed by atoms with E-state index in [0.29, 0.717) is 18.1 Å². The van der Waals surface area contributed by atoms with Gasteiger partial charge in [-0.25, -0.2) is 0 Å². The zero-order valence-corrected chi connectivity index (χ0v) is 9.58. The van der Waals surface area contributed by atoms with E-state index in [0.717, 1.165) is 12.8 Å². The molecule has 1 fully saturated rings. The molecule has 1 aliphatic carbocycles. The van der Waals surface area contributed by atoms with Crippen molar-refractivity contribution in [2.45, 2.75) is 58.5 Å². The molecule has 3 nitrogen and oxygen atoms in total. The topological polar surface area (TPSA) is 41.8 Å². The minimum absolute atomic E-state index is 0.100. The fourth-order valence-electron chi connectivity index (χ4n) is 1.61. The first-order valence-electron chi connectivity index (χ1n) is 5.32. The average molecular weight is 196 g/mol. The molecule has 0 aromatic carbocycles. The monoisotopic (exact) mass is 196 g/mol. The number of carbonyl (C=O) groups is 1. The van der Waals surface area contributed by atoms with Crippen molar-refractivity contribution in [1.82, 2.24) is 0 Å².